The van der Waals surface area contributed by atoms with E-state index in [1.165, 1.54) is 0 Å². The van der Waals surface area contributed by atoms with Crippen LogP contribution in [0.25, 0.3) is 10.9 Å². The average Bonchev–Trinajstić information content (AvgIpc) is 2.65. The van der Waals surface area contributed by atoms with Gasteiger partial charge in [-0.2, -0.15) is 0 Å². The van der Waals surface area contributed by atoms with E-state index in [9.17, 15) is 4.79 Å². The monoisotopic (exact) mass is 214 g/mol. The summed E-state index contributed by atoms with van der Waals surface area (Å²) in [4.78, 5) is 14.3. The number of hydrogen-bond donors (Lipinski definition) is 2. The number of benzene rings is 1. The molecular formula is C10H9NNaO3. The maximum atomic E-state index is 11.4. The number of aliphatic hydroxyl groups excluding tert-OH is 1. The molecule has 15 heavy (non-hydrogen) atoms. The van der Waals surface area contributed by atoms with Crippen molar-refractivity contribution in [3.05, 3.63) is 36.0 Å². The van der Waals surface area contributed by atoms with E-state index in [1.807, 2.05) is 6.07 Å². The van der Waals surface area contributed by atoms with Crippen molar-refractivity contribution in [1.29, 1.82) is 0 Å². The van der Waals surface area contributed by atoms with Gasteiger partial charge in [-0.1, -0.05) is 6.07 Å². The zero-order valence-corrected chi connectivity index (χ0v) is 10.4. The Bertz CT molecular complexity index is 466. The van der Waals surface area contributed by atoms with Gasteiger partial charge in [0.25, 0.3) is 0 Å². The number of rotatable bonds is 2. The third-order valence-corrected chi connectivity index (χ3v) is 2.01. The van der Waals surface area contributed by atoms with Gasteiger partial charge in [-0.05, 0) is 18.2 Å². The molecule has 2 rings (SSSR count). The molecule has 0 unspecified atom stereocenters. The largest absolute Gasteiger partial charge is 0.435 e. The number of nitrogens with one attached hydrogen (secondary N) is 1. The Kier molecular flexibility index (Phi) is 4.35. The number of carbonyl (C=O) groups is 1. The first-order valence-electron chi connectivity index (χ1n) is 4.17. The molecule has 0 amide bonds. The Morgan fingerprint density at radius 3 is 2.93 bits per heavy atom. The number of carbonyl (C=O) groups excluding carboxylic acids is 1. The summed E-state index contributed by atoms with van der Waals surface area (Å²) in [6, 6.07) is 7.08. The first kappa shape index (κ1) is 12.3. The first-order valence-corrected chi connectivity index (χ1v) is 4.17. The second-order valence-corrected chi connectivity index (χ2v) is 2.81. The third kappa shape index (κ3) is 2.41. The van der Waals surface area contributed by atoms with Crippen molar-refractivity contribution in [2.24, 2.45) is 0 Å². The number of H-pyrrole nitrogens is 1. The predicted octanol–water partition coefficient (Wildman–Crippen LogP) is 0.894. The number of ether oxygens (including phenoxy) is 1. The molecular weight excluding hydrogens is 205 g/mol. The fourth-order valence-corrected chi connectivity index (χ4v) is 1.40. The van der Waals surface area contributed by atoms with Crippen LogP contribution >= 0.6 is 0 Å². The molecule has 2 N–H and O–H groups in total. The minimum absolute atomic E-state index is 0. The topological polar surface area (TPSA) is 62.3 Å². The maximum Gasteiger partial charge on any atom is 0.340 e. The van der Waals surface area contributed by atoms with Crippen LogP contribution in [0.15, 0.2) is 30.5 Å². The molecule has 0 saturated carbocycles. The molecule has 5 heteroatoms. The molecule has 0 fully saturated rings. The number of aromatic amines is 1. The molecule has 73 valence electrons. The Morgan fingerprint density at radius 1 is 1.40 bits per heavy atom. The minimum Gasteiger partial charge on any atom is -0.435 e. The molecule has 1 aromatic carbocycles. The average molecular weight is 214 g/mol. The molecule has 0 aliphatic carbocycles. The van der Waals surface area contributed by atoms with E-state index in [-0.39, 0.29) is 29.6 Å². The fourth-order valence-electron chi connectivity index (χ4n) is 1.40. The van der Waals surface area contributed by atoms with Gasteiger partial charge in [0.05, 0.1) is 5.56 Å². The van der Waals surface area contributed by atoms with Crippen LogP contribution in [0.5, 0.6) is 0 Å². The number of fused-ring (bicyclic) bond motifs is 1. The molecule has 0 bridgehead atoms. The van der Waals surface area contributed by atoms with E-state index in [0.717, 1.165) is 10.9 Å². The smallest absolute Gasteiger partial charge is 0.340 e. The molecule has 2 aromatic rings. The van der Waals surface area contributed by atoms with Gasteiger partial charge in [0.1, 0.15) is 0 Å². The van der Waals surface area contributed by atoms with E-state index in [2.05, 4.69) is 9.72 Å². The van der Waals surface area contributed by atoms with E-state index >= 15 is 0 Å². The molecule has 1 radical (unpaired) electrons. The van der Waals surface area contributed by atoms with Gasteiger partial charge in [0, 0.05) is 46.7 Å². The SMILES string of the molecule is O=C(OCO)c1cccc2[nH]ccc12.[Na]. The summed E-state index contributed by atoms with van der Waals surface area (Å²) in [5, 5.41) is 9.27. The van der Waals surface area contributed by atoms with Crippen molar-refractivity contribution in [3.63, 3.8) is 0 Å². The van der Waals surface area contributed by atoms with Crippen molar-refractivity contribution < 1.29 is 14.6 Å². The molecule has 0 atom stereocenters. The van der Waals surface area contributed by atoms with Gasteiger partial charge in [-0.3, -0.25) is 0 Å². The van der Waals surface area contributed by atoms with Crippen molar-refractivity contribution in [1.82, 2.24) is 4.98 Å². The van der Waals surface area contributed by atoms with Crippen molar-refractivity contribution >= 4 is 46.4 Å². The molecule has 0 spiro atoms. The molecule has 1 aromatic heterocycles. The van der Waals surface area contributed by atoms with Gasteiger partial charge in [-0.25, -0.2) is 4.79 Å². The summed E-state index contributed by atoms with van der Waals surface area (Å²) in [7, 11) is 0. The van der Waals surface area contributed by atoms with Crippen LogP contribution in [0.2, 0.25) is 0 Å². The molecule has 1 heterocycles. The molecule has 0 saturated heterocycles. The molecule has 4 nitrogen and oxygen atoms in total. The van der Waals surface area contributed by atoms with Crippen LogP contribution < -0.4 is 0 Å². The number of aromatic nitrogens is 1. The Balaban J connectivity index is 0.00000112. The van der Waals surface area contributed by atoms with Crippen LogP contribution in [-0.2, 0) is 4.74 Å². The van der Waals surface area contributed by atoms with Crippen LogP contribution in [0.4, 0.5) is 0 Å². The van der Waals surface area contributed by atoms with Crippen LogP contribution in [0.1, 0.15) is 10.4 Å². The fraction of sp³-hybridized carbons (Fsp3) is 0.100. The van der Waals surface area contributed by atoms with Gasteiger partial charge in [-0.15, -0.1) is 0 Å². The van der Waals surface area contributed by atoms with Gasteiger partial charge in [0.15, 0.2) is 6.79 Å². The number of aliphatic hydroxyl groups is 1. The second kappa shape index (κ2) is 5.32. The van der Waals surface area contributed by atoms with Gasteiger partial charge < -0.3 is 14.8 Å². The summed E-state index contributed by atoms with van der Waals surface area (Å²) >= 11 is 0. The maximum absolute atomic E-state index is 11.4. The number of esters is 1. The van der Waals surface area contributed by atoms with Crippen molar-refractivity contribution in [2.75, 3.05) is 6.79 Å². The van der Waals surface area contributed by atoms with Crippen LogP contribution in [0.3, 0.4) is 0 Å². The summed E-state index contributed by atoms with van der Waals surface area (Å²) in [6.45, 7) is -0.598. The standard InChI is InChI=1S/C10H9NO3.Na/c12-6-14-10(13)8-2-1-3-9-7(8)4-5-11-9;/h1-5,11-12H,6H2;. The number of hydrogen-bond acceptors (Lipinski definition) is 3. The Labute approximate surface area is 109 Å². The second-order valence-electron chi connectivity index (χ2n) is 2.81. The van der Waals surface area contributed by atoms with Gasteiger partial charge in [0.2, 0.25) is 0 Å². The Morgan fingerprint density at radius 2 is 2.20 bits per heavy atom. The quantitative estimate of drug-likeness (QED) is 0.443. The Hall–Kier alpha value is -0.810. The van der Waals surface area contributed by atoms with E-state index in [1.54, 1.807) is 24.4 Å². The van der Waals surface area contributed by atoms with Crippen molar-refractivity contribution in [2.45, 2.75) is 0 Å². The zero-order valence-electron chi connectivity index (χ0n) is 8.36. The van der Waals surface area contributed by atoms with Crippen molar-refractivity contribution in [3.8, 4) is 0 Å². The molecule has 0 aliphatic rings. The summed E-state index contributed by atoms with van der Waals surface area (Å²) in [5.74, 6) is -0.516. The summed E-state index contributed by atoms with van der Waals surface area (Å²) < 4.78 is 4.51. The first-order chi connectivity index (χ1) is 6.83. The van der Waals surface area contributed by atoms with E-state index < -0.39 is 12.8 Å². The summed E-state index contributed by atoms with van der Waals surface area (Å²) in [5.41, 5.74) is 1.33. The van der Waals surface area contributed by atoms with E-state index in [0.29, 0.717) is 5.56 Å². The minimum atomic E-state index is -0.598. The predicted molar refractivity (Wildman–Crippen MR) is 56.6 cm³/mol. The molecule has 0 aliphatic heterocycles. The normalized spacial score (nSPS) is 9.67. The third-order valence-electron chi connectivity index (χ3n) is 2.01. The van der Waals surface area contributed by atoms with E-state index in [4.69, 9.17) is 5.11 Å². The summed E-state index contributed by atoms with van der Waals surface area (Å²) in [6.07, 6.45) is 1.75. The van der Waals surface area contributed by atoms with Crippen LogP contribution in [-0.4, -0.2) is 52.4 Å². The van der Waals surface area contributed by atoms with Gasteiger partial charge >= 0.3 is 5.97 Å². The zero-order chi connectivity index (χ0) is 9.97. The van der Waals surface area contributed by atoms with Crippen LogP contribution in [0, 0.1) is 0 Å².